The van der Waals surface area contributed by atoms with E-state index in [4.69, 9.17) is 0 Å². The minimum absolute atomic E-state index is 0.179. The molecule has 38 heavy (non-hydrogen) atoms. The summed E-state index contributed by atoms with van der Waals surface area (Å²) in [6, 6.07) is 20.8. The summed E-state index contributed by atoms with van der Waals surface area (Å²) in [6.45, 7) is 5.58. The predicted octanol–water partition coefficient (Wildman–Crippen LogP) is 4.95. The molecule has 0 spiro atoms. The second kappa shape index (κ2) is 8.96. The molecule has 2 aliphatic heterocycles. The lowest BCUT2D eigenvalue weighted by Crippen LogP contribution is -2.41. The van der Waals surface area contributed by atoms with Crippen LogP contribution in [0.15, 0.2) is 76.6 Å². The highest BCUT2D eigenvalue weighted by atomic mass is 32.2. The number of aryl methyl sites for hydroxylation is 1. The molecule has 3 heterocycles. The molecule has 0 aliphatic carbocycles. The number of amides is 3. The quantitative estimate of drug-likeness (QED) is 0.368. The van der Waals surface area contributed by atoms with Gasteiger partial charge in [0.25, 0.3) is 0 Å². The number of imide groups is 1. The third kappa shape index (κ3) is 3.88. The van der Waals surface area contributed by atoms with Crippen LogP contribution in [0.2, 0.25) is 0 Å². The van der Waals surface area contributed by atoms with Crippen molar-refractivity contribution in [1.29, 1.82) is 0 Å². The number of hydrogen-bond donors (Lipinski definition) is 1. The van der Waals surface area contributed by atoms with Crippen molar-refractivity contribution in [3.63, 3.8) is 0 Å². The van der Waals surface area contributed by atoms with Crippen LogP contribution >= 0.6 is 23.1 Å². The number of nitrogens with zero attached hydrogens (tertiary/aromatic N) is 2. The number of fused-ring (bicyclic) bond motifs is 3. The topological polar surface area (TPSA) is 88.5 Å². The number of nitrogens with one attached hydrogen (secondary N) is 1. The fourth-order valence-electron chi connectivity index (χ4n) is 5.33. The predicted molar refractivity (Wildman–Crippen MR) is 151 cm³/mol. The van der Waals surface area contributed by atoms with E-state index in [1.807, 2.05) is 75.4 Å². The Morgan fingerprint density at radius 3 is 2.39 bits per heavy atom. The fraction of sp³-hybridized carbons (Fsp3) is 0.241. The number of carbonyl (C=O) groups is 3. The van der Waals surface area contributed by atoms with Crippen molar-refractivity contribution in [3.8, 4) is 0 Å². The van der Waals surface area contributed by atoms with Gasteiger partial charge < -0.3 is 5.32 Å². The normalized spacial score (nSPS) is 19.9. The molecule has 2 atom stereocenters. The van der Waals surface area contributed by atoms with E-state index in [0.717, 1.165) is 32.5 Å². The Morgan fingerprint density at radius 2 is 1.66 bits per heavy atom. The SMILES string of the molecule is Cc1ccc(N2C(=O)[C@H]3Sc4c(sc(=O)n4CC(=O)Nc4ccc5ccccc5c4)C(C)(C)[C@H]3C2=O)cc1. The molecule has 6 rings (SSSR count). The van der Waals surface area contributed by atoms with E-state index in [-0.39, 0.29) is 29.1 Å². The molecule has 7 nitrogen and oxygen atoms in total. The lowest BCUT2D eigenvalue weighted by molar-refractivity contribution is -0.123. The summed E-state index contributed by atoms with van der Waals surface area (Å²) >= 11 is 2.27. The Kier molecular flexibility index (Phi) is 5.81. The summed E-state index contributed by atoms with van der Waals surface area (Å²) in [6.07, 6.45) is 0. The van der Waals surface area contributed by atoms with Gasteiger partial charge in [0.1, 0.15) is 11.8 Å². The van der Waals surface area contributed by atoms with E-state index in [2.05, 4.69) is 5.32 Å². The zero-order chi connectivity index (χ0) is 26.8. The maximum atomic E-state index is 13.6. The monoisotopic (exact) mass is 543 g/mol. The molecule has 3 aromatic carbocycles. The zero-order valence-electron chi connectivity index (χ0n) is 21.1. The number of hydrogen-bond acceptors (Lipinski definition) is 6. The zero-order valence-corrected chi connectivity index (χ0v) is 22.7. The number of rotatable bonds is 4. The number of thiazole rings is 1. The molecular formula is C29H25N3O4S2. The van der Waals surface area contributed by atoms with Gasteiger partial charge in [-0.15, -0.1) is 0 Å². The van der Waals surface area contributed by atoms with Gasteiger partial charge in [0.05, 0.1) is 16.6 Å². The maximum absolute atomic E-state index is 13.6. The van der Waals surface area contributed by atoms with Crippen molar-refractivity contribution in [2.24, 2.45) is 5.92 Å². The fourth-order valence-corrected chi connectivity index (χ4v) is 8.37. The first kappa shape index (κ1) is 24.6. The molecule has 3 amide bonds. The van der Waals surface area contributed by atoms with Crippen LogP contribution < -0.4 is 15.1 Å². The highest BCUT2D eigenvalue weighted by Gasteiger charge is 2.59. The summed E-state index contributed by atoms with van der Waals surface area (Å²) in [5.41, 5.74) is 1.48. The van der Waals surface area contributed by atoms with E-state index in [9.17, 15) is 19.2 Å². The molecule has 2 aliphatic rings. The number of benzene rings is 3. The van der Waals surface area contributed by atoms with E-state index >= 15 is 0 Å². The van der Waals surface area contributed by atoms with Gasteiger partial charge >= 0.3 is 4.87 Å². The van der Waals surface area contributed by atoms with Crippen LogP contribution in [0.25, 0.3) is 10.8 Å². The van der Waals surface area contributed by atoms with Crippen molar-refractivity contribution >= 4 is 63.0 Å². The Bertz CT molecular complexity index is 1690. The van der Waals surface area contributed by atoms with E-state index in [1.165, 1.54) is 21.2 Å². The highest BCUT2D eigenvalue weighted by molar-refractivity contribution is 8.00. The summed E-state index contributed by atoms with van der Waals surface area (Å²) in [5.74, 6) is -1.49. The number of aromatic nitrogens is 1. The van der Waals surface area contributed by atoms with E-state index in [1.54, 1.807) is 12.1 Å². The summed E-state index contributed by atoms with van der Waals surface area (Å²) in [5, 5.41) is 4.88. The largest absolute Gasteiger partial charge is 0.325 e. The molecule has 4 aromatic rings. The third-order valence-corrected chi connectivity index (χ3v) is 10.2. The number of anilines is 2. The molecular weight excluding hydrogens is 518 g/mol. The van der Waals surface area contributed by atoms with Crippen molar-refractivity contribution in [3.05, 3.63) is 86.8 Å². The minimum Gasteiger partial charge on any atom is -0.325 e. The van der Waals surface area contributed by atoms with Gasteiger partial charge in [-0.1, -0.05) is 85.0 Å². The summed E-state index contributed by atoms with van der Waals surface area (Å²) < 4.78 is 1.44. The standard InChI is InChI=1S/C29H25N3O4S2/c1-16-8-12-20(13-9-16)32-25(34)22-23(26(32)35)37-27-24(29(22,2)3)38-28(36)31(27)15-21(33)30-19-11-10-17-6-4-5-7-18(17)14-19/h4-14,22-23H,15H2,1-3H3,(H,30,33)/t22-,23+/m1/s1. The van der Waals surface area contributed by atoms with Crippen LogP contribution in [0.1, 0.15) is 24.3 Å². The molecule has 0 bridgehead atoms. The molecule has 1 fully saturated rings. The highest BCUT2D eigenvalue weighted by Crippen LogP contribution is 2.54. The average molecular weight is 544 g/mol. The lowest BCUT2D eigenvalue weighted by Gasteiger charge is -2.36. The van der Waals surface area contributed by atoms with Crippen molar-refractivity contribution < 1.29 is 14.4 Å². The number of carbonyl (C=O) groups excluding carboxylic acids is 3. The van der Waals surface area contributed by atoms with Crippen LogP contribution in [0.4, 0.5) is 11.4 Å². The Labute approximate surface area is 227 Å². The van der Waals surface area contributed by atoms with Crippen LogP contribution in [0, 0.1) is 12.8 Å². The average Bonchev–Trinajstić information content (AvgIpc) is 3.33. The number of thioether (sulfide) groups is 1. The van der Waals surface area contributed by atoms with Gasteiger partial charge in [0, 0.05) is 16.0 Å². The van der Waals surface area contributed by atoms with Gasteiger partial charge in [0.15, 0.2) is 0 Å². The second-order valence-electron chi connectivity index (χ2n) is 10.3. The van der Waals surface area contributed by atoms with Crippen LogP contribution in [0.3, 0.4) is 0 Å². The molecule has 1 aromatic heterocycles. The maximum Gasteiger partial charge on any atom is 0.308 e. The van der Waals surface area contributed by atoms with Crippen molar-refractivity contribution in [1.82, 2.24) is 4.57 Å². The van der Waals surface area contributed by atoms with Gasteiger partial charge in [-0.05, 0) is 42.0 Å². The Morgan fingerprint density at radius 1 is 0.947 bits per heavy atom. The van der Waals surface area contributed by atoms with Crippen LogP contribution in [-0.4, -0.2) is 27.5 Å². The molecule has 1 saturated heterocycles. The first-order chi connectivity index (χ1) is 18.1. The van der Waals surface area contributed by atoms with Crippen LogP contribution in [0.5, 0.6) is 0 Å². The van der Waals surface area contributed by atoms with Crippen LogP contribution in [-0.2, 0) is 26.3 Å². The molecule has 0 radical (unpaired) electrons. The molecule has 192 valence electrons. The lowest BCUT2D eigenvalue weighted by atomic mass is 9.76. The summed E-state index contributed by atoms with van der Waals surface area (Å²) in [4.78, 5) is 54.9. The second-order valence-corrected chi connectivity index (χ2v) is 12.4. The Hall–Kier alpha value is -3.69. The van der Waals surface area contributed by atoms with E-state index < -0.39 is 16.6 Å². The molecule has 0 saturated carbocycles. The van der Waals surface area contributed by atoms with Crippen molar-refractivity contribution in [2.45, 2.75) is 43.0 Å². The third-order valence-electron chi connectivity index (χ3n) is 7.33. The van der Waals surface area contributed by atoms with Gasteiger partial charge in [-0.2, -0.15) is 0 Å². The van der Waals surface area contributed by atoms with Gasteiger partial charge in [-0.3, -0.25) is 23.7 Å². The van der Waals surface area contributed by atoms with Gasteiger partial charge in [0.2, 0.25) is 17.7 Å². The van der Waals surface area contributed by atoms with Gasteiger partial charge in [-0.25, -0.2) is 4.90 Å². The molecule has 0 unspecified atom stereocenters. The minimum atomic E-state index is -0.749. The first-order valence-corrected chi connectivity index (χ1v) is 14.0. The summed E-state index contributed by atoms with van der Waals surface area (Å²) in [7, 11) is 0. The Balaban J connectivity index is 1.29. The smallest absolute Gasteiger partial charge is 0.308 e. The van der Waals surface area contributed by atoms with Crippen molar-refractivity contribution in [2.75, 3.05) is 10.2 Å². The molecule has 9 heteroatoms. The first-order valence-electron chi connectivity index (χ1n) is 12.3. The van der Waals surface area contributed by atoms with E-state index in [0.29, 0.717) is 16.4 Å². The molecule has 1 N–H and O–H groups in total.